The van der Waals surface area contributed by atoms with Crippen molar-refractivity contribution in [1.29, 1.82) is 0 Å². The molecule has 0 radical (unpaired) electrons. The molecule has 7 heteroatoms. The predicted octanol–water partition coefficient (Wildman–Crippen LogP) is 1.84. The molecule has 1 aliphatic rings. The van der Waals surface area contributed by atoms with Gasteiger partial charge in [-0.1, -0.05) is 0 Å². The number of nitrogen functional groups attached to an aromatic ring is 1. The molecule has 1 amide bonds. The smallest absolute Gasteiger partial charge is 0.247 e. The number of piperidine rings is 1. The topological polar surface area (TPSA) is 89.9 Å². The minimum Gasteiger partial charge on any atom is -0.368 e. The van der Waals surface area contributed by atoms with Crippen molar-refractivity contribution < 1.29 is 4.79 Å². The van der Waals surface area contributed by atoms with Crippen LogP contribution >= 0.6 is 0 Å². The van der Waals surface area contributed by atoms with E-state index in [-0.39, 0.29) is 11.9 Å². The van der Waals surface area contributed by atoms with E-state index in [0.717, 1.165) is 43.0 Å². The molecule has 1 fully saturated rings. The van der Waals surface area contributed by atoms with Crippen LogP contribution < -0.4 is 5.73 Å². The second kappa shape index (κ2) is 6.59. The Bertz CT molecular complexity index is 732. The molecule has 1 unspecified atom stereocenters. The molecule has 0 saturated carbocycles. The second-order valence-corrected chi connectivity index (χ2v) is 6.49. The molecule has 1 atom stereocenters. The molecule has 24 heavy (non-hydrogen) atoms. The lowest BCUT2D eigenvalue weighted by atomic mass is 9.93. The highest BCUT2D eigenvalue weighted by molar-refractivity contribution is 5.80. The number of rotatable bonds is 3. The molecule has 2 aromatic heterocycles. The molecule has 3 heterocycles. The summed E-state index contributed by atoms with van der Waals surface area (Å²) in [5, 5.41) is 4.44. The number of nitrogens with zero attached hydrogens (tertiary/aromatic N) is 5. The fraction of sp³-hybridized carbons (Fsp3) is 0.529. The number of aryl methyl sites for hydroxylation is 2. The van der Waals surface area contributed by atoms with Gasteiger partial charge >= 0.3 is 0 Å². The van der Waals surface area contributed by atoms with Crippen molar-refractivity contribution in [2.24, 2.45) is 0 Å². The van der Waals surface area contributed by atoms with E-state index >= 15 is 0 Å². The zero-order valence-corrected chi connectivity index (χ0v) is 14.4. The van der Waals surface area contributed by atoms with Gasteiger partial charge in [0.1, 0.15) is 6.04 Å². The number of nitrogens with two attached hydrogens (primary N) is 1. The van der Waals surface area contributed by atoms with Gasteiger partial charge in [0.05, 0.1) is 5.69 Å². The summed E-state index contributed by atoms with van der Waals surface area (Å²) in [5.41, 5.74) is 8.59. The van der Waals surface area contributed by atoms with Gasteiger partial charge in [-0.25, -0.2) is 9.97 Å². The summed E-state index contributed by atoms with van der Waals surface area (Å²) in [7, 11) is 0. The van der Waals surface area contributed by atoms with Crippen molar-refractivity contribution in [3.05, 3.63) is 35.4 Å². The normalized spacial score (nSPS) is 17.0. The van der Waals surface area contributed by atoms with Crippen LogP contribution in [0.1, 0.15) is 48.8 Å². The van der Waals surface area contributed by atoms with Gasteiger partial charge in [-0.2, -0.15) is 5.10 Å². The summed E-state index contributed by atoms with van der Waals surface area (Å²) >= 11 is 0. The van der Waals surface area contributed by atoms with Crippen LogP contribution in [0, 0.1) is 13.8 Å². The summed E-state index contributed by atoms with van der Waals surface area (Å²) in [6, 6.07) is 3.64. The molecule has 2 aromatic rings. The van der Waals surface area contributed by atoms with Crippen LogP contribution in [0.25, 0.3) is 0 Å². The van der Waals surface area contributed by atoms with E-state index in [9.17, 15) is 4.79 Å². The first kappa shape index (κ1) is 16.4. The number of amides is 1. The monoisotopic (exact) mass is 328 g/mol. The number of carbonyl (C=O) groups excluding carboxylic acids is 1. The maximum atomic E-state index is 12.8. The van der Waals surface area contributed by atoms with Crippen molar-refractivity contribution in [2.45, 2.75) is 45.6 Å². The fourth-order valence-electron chi connectivity index (χ4n) is 3.42. The predicted molar refractivity (Wildman–Crippen MR) is 91.4 cm³/mol. The maximum Gasteiger partial charge on any atom is 0.247 e. The van der Waals surface area contributed by atoms with E-state index in [2.05, 4.69) is 15.1 Å². The number of hydrogen-bond acceptors (Lipinski definition) is 5. The number of likely N-dealkylation sites (tertiary alicyclic amines) is 1. The molecule has 3 rings (SSSR count). The molecular weight excluding hydrogens is 304 g/mol. The summed E-state index contributed by atoms with van der Waals surface area (Å²) in [6.07, 6.45) is 3.48. The third kappa shape index (κ3) is 3.25. The quantitative estimate of drug-likeness (QED) is 0.928. The highest BCUT2D eigenvalue weighted by Gasteiger charge is 2.29. The first-order valence-corrected chi connectivity index (χ1v) is 8.35. The van der Waals surface area contributed by atoms with Gasteiger partial charge in [0, 0.05) is 36.6 Å². The lowest BCUT2D eigenvalue weighted by Crippen LogP contribution is -2.41. The highest BCUT2D eigenvalue weighted by atomic mass is 16.2. The Morgan fingerprint density at radius 1 is 1.33 bits per heavy atom. The minimum atomic E-state index is -0.273. The Labute approximate surface area is 141 Å². The van der Waals surface area contributed by atoms with E-state index in [1.807, 2.05) is 42.5 Å². The Kier molecular flexibility index (Phi) is 4.51. The van der Waals surface area contributed by atoms with Gasteiger partial charge in [-0.3, -0.25) is 9.48 Å². The van der Waals surface area contributed by atoms with Crippen LogP contribution in [0.15, 0.2) is 18.3 Å². The van der Waals surface area contributed by atoms with Crippen molar-refractivity contribution in [2.75, 3.05) is 18.8 Å². The lowest BCUT2D eigenvalue weighted by Gasteiger charge is -2.33. The first-order chi connectivity index (χ1) is 11.5. The average Bonchev–Trinajstić information content (AvgIpc) is 2.92. The van der Waals surface area contributed by atoms with Gasteiger partial charge in [0.2, 0.25) is 11.9 Å². The van der Waals surface area contributed by atoms with Crippen molar-refractivity contribution >= 4 is 11.9 Å². The van der Waals surface area contributed by atoms with Crippen molar-refractivity contribution in [1.82, 2.24) is 24.6 Å². The Hall–Kier alpha value is -2.44. The molecule has 1 aliphatic heterocycles. The lowest BCUT2D eigenvalue weighted by molar-refractivity contribution is -0.135. The van der Waals surface area contributed by atoms with Crippen LogP contribution in [0.3, 0.4) is 0 Å². The molecule has 0 aliphatic carbocycles. The molecule has 2 N–H and O–H groups in total. The standard InChI is InChI=1S/C17H24N6O/c1-11-10-12(2)23(21-11)13(3)16(24)22-8-5-14(6-9-22)15-4-7-19-17(18)20-15/h4,7,10,13-14H,5-6,8-9H2,1-3H3,(H2,18,19,20). The van der Waals surface area contributed by atoms with Gasteiger partial charge in [-0.05, 0) is 45.7 Å². The van der Waals surface area contributed by atoms with E-state index < -0.39 is 0 Å². The molecule has 1 saturated heterocycles. The van der Waals surface area contributed by atoms with E-state index in [4.69, 9.17) is 5.73 Å². The maximum absolute atomic E-state index is 12.8. The zero-order chi connectivity index (χ0) is 17.3. The Morgan fingerprint density at radius 2 is 2.04 bits per heavy atom. The summed E-state index contributed by atoms with van der Waals surface area (Å²) < 4.78 is 1.81. The third-order valence-corrected chi connectivity index (χ3v) is 4.69. The molecular formula is C17H24N6O. The fourth-order valence-corrected chi connectivity index (χ4v) is 3.42. The highest BCUT2D eigenvalue weighted by Crippen LogP contribution is 2.28. The third-order valence-electron chi connectivity index (χ3n) is 4.69. The van der Waals surface area contributed by atoms with Gasteiger partial charge < -0.3 is 10.6 Å². The van der Waals surface area contributed by atoms with Crippen LogP contribution in [0.5, 0.6) is 0 Å². The second-order valence-electron chi connectivity index (χ2n) is 6.49. The van der Waals surface area contributed by atoms with E-state index in [0.29, 0.717) is 11.9 Å². The Morgan fingerprint density at radius 3 is 2.62 bits per heavy atom. The summed E-state index contributed by atoms with van der Waals surface area (Å²) in [4.78, 5) is 23.0. The first-order valence-electron chi connectivity index (χ1n) is 8.35. The van der Waals surface area contributed by atoms with E-state index in [1.54, 1.807) is 6.20 Å². The van der Waals surface area contributed by atoms with Gasteiger partial charge in [0.15, 0.2) is 0 Å². The minimum absolute atomic E-state index is 0.127. The number of aromatic nitrogens is 4. The summed E-state index contributed by atoms with van der Waals surface area (Å²) in [5.74, 6) is 0.773. The molecule has 128 valence electrons. The van der Waals surface area contributed by atoms with Crippen LogP contribution in [0.2, 0.25) is 0 Å². The summed E-state index contributed by atoms with van der Waals surface area (Å²) in [6.45, 7) is 7.31. The van der Waals surface area contributed by atoms with Crippen LogP contribution in [-0.4, -0.2) is 43.6 Å². The Balaban J connectivity index is 1.64. The zero-order valence-electron chi connectivity index (χ0n) is 14.4. The number of carbonyl (C=O) groups is 1. The van der Waals surface area contributed by atoms with Crippen LogP contribution in [-0.2, 0) is 4.79 Å². The van der Waals surface area contributed by atoms with Gasteiger partial charge in [-0.15, -0.1) is 0 Å². The van der Waals surface area contributed by atoms with Gasteiger partial charge in [0.25, 0.3) is 0 Å². The molecule has 0 bridgehead atoms. The molecule has 0 spiro atoms. The van der Waals surface area contributed by atoms with Crippen LogP contribution in [0.4, 0.5) is 5.95 Å². The largest absolute Gasteiger partial charge is 0.368 e. The number of hydrogen-bond donors (Lipinski definition) is 1. The average molecular weight is 328 g/mol. The molecule has 7 nitrogen and oxygen atoms in total. The molecule has 0 aromatic carbocycles. The van der Waals surface area contributed by atoms with Crippen molar-refractivity contribution in [3.63, 3.8) is 0 Å². The van der Waals surface area contributed by atoms with Crippen molar-refractivity contribution in [3.8, 4) is 0 Å². The SMILES string of the molecule is Cc1cc(C)n(C(C)C(=O)N2CCC(c3ccnc(N)n3)CC2)n1. The number of anilines is 1. The van der Waals surface area contributed by atoms with E-state index in [1.165, 1.54) is 0 Å².